The number of guanidine groups is 1. The molecule has 1 fully saturated rings. The number of nitrogens with one attached hydrogen (secondary N) is 3. The molecule has 1 spiro atoms. The van der Waals surface area contributed by atoms with Crippen LogP contribution in [0.3, 0.4) is 0 Å². The van der Waals surface area contributed by atoms with Gasteiger partial charge in [-0.2, -0.15) is 11.8 Å². The van der Waals surface area contributed by atoms with Crippen LogP contribution in [-0.2, 0) is 4.79 Å². The maximum atomic E-state index is 13.2. The number of para-hydroxylation sites is 1. The van der Waals surface area contributed by atoms with E-state index >= 15 is 0 Å². The lowest BCUT2D eigenvalue weighted by atomic mass is 9.82. The molecule has 1 saturated heterocycles. The summed E-state index contributed by atoms with van der Waals surface area (Å²) in [6.45, 7) is 9.88. The fraction of sp³-hybridized carbons (Fsp3) is 0.435. The zero-order valence-corrected chi connectivity index (χ0v) is 21.4. The van der Waals surface area contributed by atoms with Gasteiger partial charge in [-0.15, -0.1) is 10.2 Å². The molecule has 0 unspecified atom stereocenters. The highest BCUT2D eigenvalue weighted by molar-refractivity contribution is 7.99. The fourth-order valence-corrected chi connectivity index (χ4v) is 5.46. The Labute approximate surface area is 203 Å². The third-order valence-electron chi connectivity index (χ3n) is 5.32. The summed E-state index contributed by atoms with van der Waals surface area (Å²) in [7, 11) is 0. The number of benzene rings is 1. The Bertz CT molecular complexity index is 1050. The third-order valence-corrected chi connectivity index (χ3v) is 6.91. The number of amidine groups is 1. The molecular formula is C23H31N7OS2. The average Bonchev–Trinajstić information content (AvgIpc) is 3.30. The Morgan fingerprint density at radius 1 is 1.15 bits per heavy atom. The normalized spacial score (nSPS) is 17.5. The molecule has 8 nitrogen and oxygen atoms in total. The lowest BCUT2D eigenvalue weighted by Gasteiger charge is -2.38. The Balaban J connectivity index is 0.00000149. The molecule has 0 atom stereocenters. The molecule has 0 radical (unpaired) electrons. The number of thioether (sulfide) groups is 1. The Hall–Kier alpha value is -2.72. The summed E-state index contributed by atoms with van der Waals surface area (Å²) in [5, 5.41) is 17.7. The minimum Gasteiger partial charge on any atom is -0.344 e. The topological polar surface area (TPSA) is 104 Å². The summed E-state index contributed by atoms with van der Waals surface area (Å²) in [6, 6.07) is 8.07. The Morgan fingerprint density at radius 2 is 1.88 bits per heavy atom. The standard InChI is InChI=1S/C21H25N7OS2.C2H6/c1-13-6-4-5-7-16(13)24-15(3)25-19-23-14(2)17(18(29)26-20-28-22-12-31-20)21(27-19)8-10-30-11-9-21;1-2/h4-7,12H,8-11H2,1-3H3,(H,26,28,29)(H2,23,24,25,27);1-2H3. The van der Waals surface area contributed by atoms with Gasteiger partial charge < -0.3 is 10.6 Å². The monoisotopic (exact) mass is 485 g/mol. The van der Waals surface area contributed by atoms with Crippen LogP contribution in [-0.4, -0.2) is 44.9 Å². The number of hydrogen-bond acceptors (Lipinski definition) is 8. The van der Waals surface area contributed by atoms with Crippen LogP contribution in [0.4, 0.5) is 10.8 Å². The van der Waals surface area contributed by atoms with E-state index in [1.807, 2.05) is 57.7 Å². The van der Waals surface area contributed by atoms with Crippen molar-refractivity contribution in [3.63, 3.8) is 0 Å². The number of aryl methyl sites for hydroxylation is 1. The smallest absolute Gasteiger partial charge is 0.257 e. The predicted octanol–water partition coefficient (Wildman–Crippen LogP) is 4.84. The number of amides is 1. The van der Waals surface area contributed by atoms with E-state index in [1.54, 1.807) is 5.51 Å². The highest BCUT2D eigenvalue weighted by Gasteiger charge is 2.43. The first-order chi connectivity index (χ1) is 16.0. The van der Waals surface area contributed by atoms with Crippen LogP contribution < -0.4 is 16.0 Å². The van der Waals surface area contributed by atoms with Gasteiger partial charge in [0.15, 0.2) is 0 Å². The van der Waals surface area contributed by atoms with Gasteiger partial charge in [0, 0.05) is 11.4 Å². The van der Waals surface area contributed by atoms with Gasteiger partial charge in [-0.25, -0.2) is 9.98 Å². The van der Waals surface area contributed by atoms with Gasteiger partial charge in [-0.3, -0.25) is 10.1 Å². The van der Waals surface area contributed by atoms with Crippen molar-refractivity contribution in [3.05, 3.63) is 46.6 Å². The first kappa shape index (κ1) is 24.9. The zero-order chi connectivity index (χ0) is 23.8. The fourth-order valence-electron chi connectivity index (χ4n) is 3.85. The number of carbonyl (C=O) groups is 1. The van der Waals surface area contributed by atoms with Crippen LogP contribution in [0.5, 0.6) is 0 Å². The number of carbonyl (C=O) groups excluding carboxylic acids is 1. The van der Waals surface area contributed by atoms with Gasteiger partial charge in [0.25, 0.3) is 5.91 Å². The summed E-state index contributed by atoms with van der Waals surface area (Å²) in [5.74, 6) is 2.97. The number of hydrogen-bond donors (Lipinski definition) is 3. The number of anilines is 2. The van der Waals surface area contributed by atoms with Crippen molar-refractivity contribution in [2.75, 3.05) is 22.1 Å². The van der Waals surface area contributed by atoms with E-state index in [1.165, 1.54) is 11.3 Å². The van der Waals surface area contributed by atoms with Crippen molar-refractivity contribution in [2.24, 2.45) is 9.98 Å². The quantitative estimate of drug-likeness (QED) is 0.425. The van der Waals surface area contributed by atoms with Crippen molar-refractivity contribution >= 4 is 51.6 Å². The molecule has 0 saturated carbocycles. The van der Waals surface area contributed by atoms with Crippen molar-refractivity contribution in [3.8, 4) is 0 Å². The van der Waals surface area contributed by atoms with Crippen LogP contribution >= 0.6 is 23.1 Å². The zero-order valence-electron chi connectivity index (χ0n) is 19.7. The van der Waals surface area contributed by atoms with Crippen LogP contribution in [0.1, 0.15) is 46.1 Å². The van der Waals surface area contributed by atoms with Crippen molar-refractivity contribution in [2.45, 2.75) is 53.0 Å². The minimum atomic E-state index is -0.586. The van der Waals surface area contributed by atoms with E-state index in [2.05, 4.69) is 39.1 Å². The van der Waals surface area contributed by atoms with Gasteiger partial charge in [0.2, 0.25) is 11.1 Å². The summed E-state index contributed by atoms with van der Waals surface area (Å²) in [6.07, 6.45) is 1.58. The molecule has 2 aromatic rings. The Morgan fingerprint density at radius 3 is 2.55 bits per heavy atom. The second-order valence-corrected chi connectivity index (χ2v) is 9.60. The highest BCUT2D eigenvalue weighted by atomic mass is 32.2. The maximum absolute atomic E-state index is 13.2. The number of aliphatic imine (C=N–C) groups is 2. The molecule has 2 aliphatic rings. The molecule has 3 heterocycles. The van der Waals surface area contributed by atoms with Crippen LogP contribution in [0, 0.1) is 6.92 Å². The lowest BCUT2D eigenvalue weighted by Crippen LogP contribution is -2.46. The molecule has 1 aromatic heterocycles. The van der Waals surface area contributed by atoms with Crippen LogP contribution in [0.25, 0.3) is 0 Å². The molecular weight excluding hydrogens is 454 g/mol. The molecule has 1 aromatic carbocycles. The summed E-state index contributed by atoms with van der Waals surface area (Å²) in [4.78, 5) is 22.8. The van der Waals surface area contributed by atoms with E-state index in [9.17, 15) is 4.79 Å². The molecule has 33 heavy (non-hydrogen) atoms. The van der Waals surface area contributed by atoms with Gasteiger partial charge in [-0.1, -0.05) is 43.4 Å². The maximum Gasteiger partial charge on any atom is 0.257 e. The van der Waals surface area contributed by atoms with Gasteiger partial charge in [0.05, 0.1) is 11.1 Å². The van der Waals surface area contributed by atoms with Crippen molar-refractivity contribution in [1.82, 2.24) is 15.5 Å². The van der Waals surface area contributed by atoms with E-state index in [0.717, 1.165) is 47.1 Å². The van der Waals surface area contributed by atoms with E-state index in [4.69, 9.17) is 9.98 Å². The second-order valence-electron chi connectivity index (χ2n) is 7.54. The first-order valence-electron chi connectivity index (χ1n) is 11.1. The molecule has 0 aliphatic carbocycles. The average molecular weight is 486 g/mol. The van der Waals surface area contributed by atoms with Gasteiger partial charge in [-0.05, 0) is 56.7 Å². The van der Waals surface area contributed by atoms with E-state index in [-0.39, 0.29) is 5.91 Å². The summed E-state index contributed by atoms with van der Waals surface area (Å²) >= 11 is 3.18. The third kappa shape index (κ3) is 6.00. The van der Waals surface area contributed by atoms with Crippen molar-refractivity contribution in [1.29, 1.82) is 0 Å². The number of rotatable bonds is 3. The Kier molecular flexibility index (Phi) is 8.62. The van der Waals surface area contributed by atoms with Crippen LogP contribution in [0.2, 0.25) is 0 Å². The lowest BCUT2D eigenvalue weighted by molar-refractivity contribution is -0.113. The number of allylic oxidation sites excluding steroid dienone is 1. The summed E-state index contributed by atoms with van der Waals surface area (Å²) in [5.41, 5.74) is 4.59. The SMILES string of the molecule is CC.CC1=C(C(=O)Nc2nncs2)C2(CCSCC2)N=C(/N=C(/C)Nc2ccccc2C)N1. The summed E-state index contributed by atoms with van der Waals surface area (Å²) < 4.78 is 0. The molecule has 1 amide bonds. The van der Waals surface area contributed by atoms with E-state index in [0.29, 0.717) is 16.7 Å². The molecule has 176 valence electrons. The molecule has 2 aliphatic heterocycles. The van der Waals surface area contributed by atoms with Crippen LogP contribution in [0.15, 0.2) is 51.0 Å². The molecule has 3 N–H and O–H groups in total. The minimum absolute atomic E-state index is 0.185. The predicted molar refractivity (Wildman–Crippen MR) is 140 cm³/mol. The van der Waals surface area contributed by atoms with E-state index < -0.39 is 5.54 Å². The first-order valence-corrected chi connectivity index (χ1v) is 13.1. The second kappa shape index (κ2) is 11.4. The highest BCUT2D eigenvalue weighted by Crippen LogP contribution is 2.40. The number of aromatic nitrogens is 2. The molecule has 0 bridgehead atoms. The van der Waals surface area contributed by atoms with Crippen molar-refractivity contribution < 1.29 is 4.79 Å². The largest absolute Gasteiger partial charge is 0.344 e. The van der Waals surface area contributed by atoms with Gasteiger partial charge in [0.1, 0.15) is 11.3 Å². The molecule has 10 heteroatoms. The molecule has 4 rings (SSSR count). The number of nitrogens with zero attached hydrogens (tertiary/aromatic N) is 4. The van der Waals surface area contributed by atoms with Gasteiger partial charge >= 0.3 is 0 Å².